The van der Waals surface area contributed by atoms with Gasteiger partial charge in [0.2, 0.25) is 0 Å². The Morgan fingerprint density at radius 3 is 1.16 bits per heavy atom. The van der Waals surface area contributed by atoms with Crippen molar-refractivity contribution in [2.24, 2.45) is 23.7 Å². The molecular formula is C90H112Br4N4O19. The number of likely N-dealkylation sites (N-methyl/N-ethyl adjacent to an activating group) is 2. The molecule has 6 N–H and O–H groups in total. The van der Waals surface area contributed by atoms with Gasteiger partial charge < -0.3 is 102 Å². The average Bonchev–Trinajstić information content (AvgIpc) is 1.57. The van der Waals surface area contributed by atoms with Crippen LogP contribution in [0.1, 0.15) is 199 Å². The first kappa shape index (κ1) is 85.1. The van der Waals surface area contributed by atoms with Crippen molar-refractivity contribution >= 4 is 74.0 Å². The van der Waals surface area contributed by atoms with E-state index in [-0.39, 0.29) is 110 Å². The zero-order valence-corrected chi connectivity index (χ0v) is 74.5. The van der Waals surface area contributed by atoms with E-state index in [0.29, 0.717) is 80.8 Å². The quantitative estimate of drug-likeness (QED) is 0.0462. The van der Waals surface area contributed by atoms with Gasteiger partial charge in [-0.3, -0.25) is 43.4 Å². The summed E-state index contributed by atoms with van der Waals surface area (Å²) >= 11 is 2.94. The number of phenolic OH excluding ortho intramolecular Hbond substituents is 2. The number of esters is 3. The van der Waals surface area contributed by atoms with E-state index in [1.54, 1.807) is 18.2 Å². The van der Waals surface area contributed by atoms with Crippen molar-refractivity contribution in [3.63, 3.8) is 0 Å². The second-order valence-electron chi connectivity index (χ2n) is 38.6. The summed E-state index contributed by atoms with van der Waals surface area (Å²) in [5.41, 5.74) is 3.57. The number of aromatic hydroxyl groups is 2. The number of halogens is 4. The standard InChI is InChI=1S/C22H25NO5.C22H28NO3.C21H25NO4.C20H23NO4.C4H6O3.CH3Br.3BrH/c1-12(24)27-16-5-4-14-10-17-22(26)7-6-15(25)20-21(22,18(14)19(16)28-20)8-9-23(17)11-13-2-3-13;1-13-3-6-15-11-17-22(25)8-7-16(24)20-21(22,18(15)19(13)26-20)9-10-23(17,2)12-14-4-5-14;1-22(11-12-2-3-12)9-8-20-17-13-4-5-14(23)18(17)26-19(20)15(24)6-7-21(20,25)16(22)10-13;22-13-4-3-12-9-15-20(24)6-5-14(23)18-19(20,16(12)17(13)25-18)7-8-21(15)10-11-1-2-11;1-3(5)7-4(2)6;1-2;;;/h4-5,13,17,20,26H,2-3,6-11H2,1H3;3,6,14,17,20,25H,4-5,7-12H2,1-2H3;4-5,12,16,19,25H,2-3,6-11H2,1H3;3-4,11,15,18,22,24H,1-2,5-10H2;1-2H3;1H3;3*1H/q;+1;;;;;;;/p-1/t17?,20?,21?,22-;17?,20?,21?,22-,23?;16?,19?,20?,21-,22?;15?,18?,19?,20-;;;;;/m1111...../s1. The lowest BCUT2D eigenvalue weighted by molar-refractivity contribution is -0.950. The van der Waals surface area contributed by atoms with Crippen molar-refractivity contribution < 1.29 is 136 Å². The highest BCUT2D eigenvalue weighted by Crippen LogP contribution is 2.71. The summed E-state index contributed by atoms with van der Waals surface area (Å²) in [5, 5.41) is 69.2. The van der Waals surface area contributed by atoms with Gasteiger partial charge in [0.25, 0.3) is 0 Å². The average molecular weight is 1870 g/mol. The van der Waals surface area contributed by atoms with Crippen LogP contribution in [0.3, 0.4) is 0 Å². The highest BCUT2D eigenvalue weighted by Gasteiger charge is 2.80. The van der Waals surface area contributed by atoms with Crippen LogP contribution in [0.5, 0.6) is 40.2 Å². The zero-order valence-electron chi connectivity index (χ0n) is 68.0. The lowest BCUT2D eigenvalue weighted by atomic mass is 9.48. The van der Waals surface area contributed by atoms with Gasteiger partial charge in [0.15, 0.2) is 82.0 Å². The molecule has 24 rings (SSSR count). The van der Waals surface area contributed by atoms with Crippen LogP contribution in [-0.2, 0) is 85.6 Å². The third-order valence-electron chi connectivity index (χ3n) is 32.4. The number of piperidine rings is 4. The fourth-order valence-corrected chi connectivity index (χ4v) is 27.0. The third-order valence-corrected chi connectivity index (χ3v) is 32.4. The molecule has 12 aliphatic carbocycles. The van der Waals surface area contributed by atoms with E-state index in [0.717, 1.165) is 168 Å². The minimum atomic E-state index is -0.980. The second kappa shape index (κ2) is 29.7. The molecule has 4 saturated heterocycles. The molecule has 18 atom stereocenters. The molecule has 8 bridgehead atoms. The van der Waals surface area contributed by atoms with Crippen molar-refractivity contribution in [2.75, 3.05) is 72.3 Å². The number of hydrogen-bond acceptors (Lipinski definition) is 21. The minimum absolute atomic E-state index is 0. The Bertz CT molecular complexity index is 4650. The van der Waals surface area contributed by atoms with Crippen molar-refractivity contribution in [3.05, 3.63) is 98.6 Å². The van der Waals surface area contributed by atoms with Crippen LogP contribution in [0.25, 0.3) is 0 Å². The Balaban J connectivity index is 0.000000112. The molecule has 4 aromatic carbocycles. The van der Waals surface area contributed by atoms with E-state index < -0.39 is 86.4 Å². The maximum atomic E-state index is 12.9. The molecule has 12 fully saturated rings. The van der Waals surface area contributed by atoms with Crippen molar-refractivity contribution in [2.45, 2.75) is 274 Å². The first-order valence-corrected chi connectivity index (χ1v) is 44.1. The minimum Gasteiger partial charge on any atom is -1.00 e. The molecule has 4 aromatic rings. The molecule has 8 saturated carbocycles. The summed E-state index contributed by atoms with van der Waals surface area (Å²) in [6.45, 7) is 14.0. The predicted molar refractivity (Wildman–Crippen MR) is 428 cm³/mol. The first-order valence-electron chi connectivity index (χ1n) is 42.5. The van der Waals surface area contributed by atoms with Crippen LogP contribution in [0.15, 0.2) is 48.5 Å². The van der Waals surface area contributed by atoms with Gasteiger partial charge in [-0.2, -0.15) is 0 Å². The molecule has 4 spiro atoms. The number of ether oxygens (including phenoxy) is 6. The van der Waals surface area contributed by atoms with E-state index in [2.05, 4.69) is 63.6 Å². The summed E-state index contributed by atoms with van der Waals surface area (Å²) in [4.78, 5) is 87.4. The Morgan fingerprint density at radius 1 is 0.453 bits per heavy atom. The van der Waals surface area contributed by atoms with Gasteiger partial charge in [-0.05, 0) is 186 Å². The number of alkyl halides is 1. The Labute approximate surface area is 723 Å². The lowest BCUT2D eigenvalue weighted by Gasteiger charge is -2.64. The number of aliphatic hydroxyl groups is 4. The normalized spacial score (nSPS) is 38.6. The molecule has 0 amide bonds. The van der Waals surface area contributed by atoms with Crippen LogP contribution in [-0.4, -0.2) is 234 Å². The number of rotatable bonds is 9. The second-order valence-corrected chi connectivity index (χ2v) is 38.6. The number of nitrogens with zero attached hydrogens (tertiary/aromatic N) is 4. The number of benzene rings is 4. The van der Waals surface area contributed by atoms with Gasteiger partial charge in [0.05, 0.1) is 73.1 Å². The van der Waals surface area contributed by atoms with E-state index in [1.807, 2.05) is 24.0 Å². The molecule has 0 aromatic heterocycles. The summed E-state index contributed by atoms with van der Waals surface area (Å²) in [5.74, 6) is 6.67. The number of phenols is 2. The topological polar surface area (TPSA) is 303 Å². The van der Waals surface area contributed by atoms with E-state index in [9.17, 15) is 64.2 Å². The SMILES string of the molecule is Br.CBr.CC(=O)OC(C)=O.CC(=O)Oc1ccc2c3c1OC1C(=O)CC[C@@]4(O)C(C2)N(CC2CC2)CCC314.C[N+]1(CC2CC2)CCC23c4c5ccc(O)c4OC2C(=O)CC[C@@]3(O)C1C5.Cc1ccc2c3c1OC1C(=O)CC[C@@]4(O)C(C2)[N+](C)(CC2CC2)CCC314.O=C1CC[C@@]2(O)C3Cc4ccc(O)c5c4C2(CCN3CC2CC2)C1O5.[Br-].[Br-]. The smallest absolute Gasteiger partial charge is 0.310 e. The molecule has 117 heavy (non-hydrogen) atoms. The fourth-order valence-electron chi connectivity index (χ4n) is 27.0. The van der Waals surface area contributed by atoms with Gasteiger partial charge in [-0.1, -0.05) is 46.3 Å². The maximum absolute atomic E-state index is 12.9. The number of likely N-dealkylation sites (tertiary alicyclic amines) is 4. The molecular weight excluding hydrogens is 1760 g/mol. The number of hydrogen-bond donors (Lipinski definition) is 6. The van der Waals surface area contributed by atoms with Crippen molar-refractivity contribution in [1.82, 2.24) is 9.80 Å². The molecule has 8 aliphatic heterocycles. The van der Waals surface area contributed by atoms with Crippen molar-refractivity contribution in [1.29, 1.82) is 0 Å². The molecule has 27 heteroatoms. The van der Waals surface area contributed by atoms with E-state index in [4.69, 9.17) is 23.7 Å². The molecule has 20 aliphatic rings. The summed E-state index contributed by atoms with van der Waals surface area (Å²) in [7, 11) is 4.66. The number of quaternary nitrogens is 2. The monoisotopic (exact) mass is 1870 g/mol. The van der Waals surface area contributed by atoms with Gasteiger partial charge >= 0.3 is 17.9 Å². The zero-order chi connectivity index (χ0) is 79.9. The maximum Gasteiger partial charge on any atom is 0.310 e. The number of carbonyl (C=O) groups excluding carboxylic acids is 7. The lowest BCUT2D eigenvalue weighted by Crippen LogP contribution is -3.00. The van der Waals surface area contributed by atoms with Crippen LogP contribution < -0.4 is 57.6 Å². The molecule has 14 unspecified atom stereocenters. The van der Waals surface area contributed by atoms with E-state index >= 15 is 0 Å². The largest absolute Gasteiger partial charge is 1.00 e. The fraction of sp³-hybridized carbons (Fsp3) is 0.656. The van der Waals surface area contributed by atoms with Crippen molar-refractivity contribution in [3.8, 4) is 40.2 Å². The van der Waals surface area contributed by atoms with Crippen LogP contribution in [0.4, 0.5) is 0 Å². The molecule has 8 heterocycles. The molecule has 0 radical (unpaired) electrons. The Morgan fingerprint density at radius 2 is 0.786 bits per heavy atom. The van der Waals surface area contributed by atoms with Gasteiger partial charge in [-0.25, -0.2) is 0 Å². The third kappa shape index (κ3) is 12.2. The van der Waals surface area contributed by atoms with Gasteiger partial charge in [0.1, 0.15) is 29.0 Å². The summed E-state index contributed by atoms with van der Waals surface area (Å²) < 4.78 is 35.9. The number of Topliss-reactive ketones (excluding diaryl/α,β-unsaturated/α-hetero) is 4. The number of ketones is 4. The summed E-state index contributed by atoms with van der Waals surface area (Å²) in [6, 6.07) is 15.8. The van der Waals surface area contributed by atoms with E-state index in [1.165, 1.54) is 89.8 Å². The molecule has 23 nitrogen and oxygen atoms in total. The number of carbonyl (C=O) groups is 7. The Kier molecular flexibility index (Phi) is 21.6. The summed E-state index contributed by atoms with van der Waals surface area (Å²) in [6.07, 6.45) is 17.9. The molecule has 634 valence electrons. The van der Waals surface area contributed by atoms with Crippen LogP contribution >= 0.6 is 32.9 Å². The van der Waals surface area contributed by atoms with Crippen LogP contribution in [0, 0.1) is 30.6 Å². The van der Waals surface area contributed by atoms with Crippen LogP contribution in [0.2, 0.25) is 0 Å². The predicted octanol–water partition coefficient (Wildman–Crippen LogP) is 2.91. The van der Waals surface area contributed by atoms with Gasteiger partial charge in [0, 0.05) is 131 Å². The number of aryl methyl sites for hydroxylation is 1. The highest BCUT2D eigenvalue weighted by atomic mass is 79.9. The van der Waals surface area contributed by atoms with Gasteiger partial charge in [-0.15, -0.1) is 17.0 Å². The Hall–Kier alpha value is -5.43. The highest BCUT2D eigenvalue weighted by molar-refractivity contribution is 9.08. The first-order chi connectivity index (χ1) is 54.4.